The molecule has 2 fully saturated rings. The Morgan fingerprint density at radius 2 is 2.06 bits per heavy atom. The van der Waals surface area contributed by atoms with Crippen molar-refractivity contribution < 1.29 is 19.2 Å². The predicted molar refractivity (Wildman–Crippen MR) is 115 cm³/mol. The maximum Gasteiger partial charge on any atom is 0.409 e. The van der Waals surface area contributed by atoms with E-state index in [4.69, 9.17) is 9.26 Å². The molecule has 5 rings (SSSR count). The number of aromatic nitrogens is 3. The van der Waals surface area contributed by atoms with Crippen LogP contribution in [-0.2, 0) is 11.3 Å². The lowest BCUT2D eigenvalue weighted by Gasteiger charge is -2.16. The van der Waals surface area contributed by atoms with E-state index in [1.165, 1.54) is 7.11 Å². The molecule has 1 amide bonds. The SMILES string of the molecule is COC(=O)N1C[C@@H]2C(C#Cc3ccc(-c4cc(Cn5ccnc5[C@H](C)O)no4)cc3)[C@@H]2C1. The monoisotopic (exact) mass is 432 g/mol. The molecule has 1 saturated carbocycles. The molecule has 8 heteroatoms. The molecule has 164 valence electrons. The summed E-state index contributed by atoms with van der Waals surface area (Å²) < 4.78 is 12.1. The van der Waals surface area contributed by atoms with Gasteiger partial charge in [-0.2, -0.15) is 0 Å². The van der Waals surface area contributed by atoms with Crippen LogP contribution in [0.3, 0.4) is 0 Å². The standard InChI is InChI=1S/C24H24N4O4/c1-15(29)23-25-9-10-27(23)12-18-11-22(32-26-18)17-6-3-16(4-7-17)5-8-19-20-13-28(14-21(19)20)24(30)31-2/h3-4,6-7,9-11,15,19-21,29H,12-14H2,1-2H3/t15-,19?,20-,21+/m0/s1. The van der Waals surface area contributed by atoms with Crippen LogP contribution in [-0.4, -0.2) is 51.0 Å². The first-order valence-corrected chi connectivity index (χ1v) is 10.6. The number of hydrogen-bond donors (Lipinski definition) is 1. The van der Waals surface area contributed by atoms with Crippen molar-refractivity contribution >= 4 is 6.09 Å². The molecule has 1 aliphatic carbocycles. The van der Waals surface area contributed by atoms with E-state index in [-0.39, 0.29) is 6.09 Å². The molecule has 1 aliphatic heterocycles. The Morgan fingerprint density at radius 1 is 1.31 bits per heavy atom. The molecule has 4 atom stereocenters. The van der Waals surface area contributed by atoms with Gasteiger partial charge in [-0.05, 0) is 43.0 Å². The number of ether oxygens (including phenoxy) is 1. The Labute approximate surface area is 185 Å². The Hall–Kier alpha value is -3.57. The van der Waals surface area contributed by atoms with Crippen LogP contribution >= 0.6 is 0 Å². The molecular formula is C24H24N4O4. The molecule has 3 aromatic rings. The molecule has 1 N–H and O–H groups in total. The number of benzene rings is 1. The number of piperidine rings is 1. The summed E-state index contributed by atoms with van der Waals surface area (Å²) in [5.41, 5.74) is 2.63. The quantitative estimate of drug-likeness (QED) is 0.637. The molecule has 2 aliphatic rings. The van der Waals surface area contributed by atoms with Crippen molar-refractivity contribution in [2.24, 2.45) is 17.8 Å². The van der Waals surface area contributed by atoms with Gasteiger partial charge in [-0.15, -0.1) is 0 Å². The van der Waals surface area contributed by atoms with Crippen molar-refractivity contribution in [3.63, 3.8) is 0 Å². The summed E-state index contributed by atoms with van der Waals surface area (Å²) in [7, 11) is 1.42. The van der Waals surface area contributed by atoms with E-state index in [1.807, 2.05) is 41.1 Å². The van der Waals surface area contributed by atoms with E-state index in [2.05, 4.69) is 22.0 Å². The smallest absolute Gasteiger partial charge is 0.409 e. The van der Waals surface area contributed by atoms with Crippen molar-refractivity contribution in [3.05, 3.63) is 59.8 Å². The summed E-state index contributed by atoms with van der Waals surface area (Å²) in [4.78, 5) is 17.5. The van der Waals surface area contributed by atoms with E-state index in [0.29, 0.717) is 35.9 Å². The lowest BCUT2D eigenvalue weighted by Crippen LogP contribution is -2.31. The fraction of sp³-hybridized carbons (Fsp3) is 0.375. The zero-order valence-corrected chi connectivity index (χ0v) is 17.9. The second kappa shape index (κ2) is 8.17. The second-order valence-electron chi connectivity index (χ2n) is 8.35. The van der Waals surface area contributed by atoms with E-state index in [1.54, 1.807) is 18.0 Å². The fourth-order valence-electron chi connectivity index (χ4n) is 4.42. The molecule has 0 spiro atoms. The highest BCUT2D eigenvalue weighted by atomic mass is 16.5. The average Bonchev–Trinajstić information content (AvgIpc) is 3.29. The Bertz CT molecular complexity index is 1170. The van der Waals surface area contributed by atoms with Gasteiger partial charge in [0, 0.05) is 48.6 Å². The molecule has 0 radical (unpaired) electrons. The first kappa shape index (κ1) is 20.3. The highest BCUT2D eigenvalue weighted by Crippen LogP contribution is 2.51. The number of nitrogens with zero attached hydrogens (tertiary/aromatic N) is 4. The number of likely N-dealkylation sites (tertiary alicyclic amines) is 1. The molecule has 32 heavy (non-hydrogen) atoms. The van der Waals surface area contributed by atoms with Crippen molar-refractivity contribution in [3.8, 4) is 23.2 Å². The van der Waals surface area contributed by atoms with Crippen molar-refractivity contribution in [2.45, 2.75) is 19.6 Å². The zero-order valence-electron chi connectivity index (χ0n) is 17.9. The third-order valence-corrected chi connectivity index (χ3v) is 6.19. The van der Waals surface area contributed by atoms with Crippen LogP contribution in [0.15, 0.2) is 47.2 Å². The number of methoxy groups -OCH3 is 1. The molecule has 1 saturated heterocycles. The minimum Gasteiger partial charge on any atom is -0.453 e. The molecule has 3 heterocycles. The Balaban J connectivity index is 1.20. The van der Waals surface area contributed by atoms with Crippen LogP contribution < -0.4 is 0 Å². The van der Waals surface area contributed by atoms with Crippen molar-refractivity contribution in [2.75, 3.05) is 20.2 Å². The maximum absolute atomic E-state index is 11.6. The fourth-order valence-corrected chi connectivity index (χ4v) is 4.42. The van der Waals surface area contributed by atoms with Gasteiger partial charge in [-0.3, -0.25) is 0 Å². The average molecular weight is 432 g/mol. The molecule has 8 nitrogen and oxygen atoms in total. The third-order valence-electron chi connectivity index (χ3n) is 6.19. The lowest BCUT2D eigenvalue weighted by molar-refractivity contribution is 0.127. The normalized spacial score (nSPS) is 22.1. The number of imidazole rings is 1. The summed E-state index contributed by atoms with van der Waals surface area (Å²) in [6.45, 7) is 3.64. The minimum atomic E-state index is -0.646. The molecule has 1 unspecified atom stereocenters. The highest BCUT2D eigenvalue weighted by Gasteiger charge is 2.56. The topological polar surface area (TPSA) is 93.6 Å². The zero-order chi connectivity index (χ0) is 22.2. The summed E-state index contributed by atoms with van der Waals surface area (Å²) in [5.74, 6) is 9.20. The third kappa shape index (κ3) is 3.87. The number of amides is 1. The van der Waals surface area contributed by atoms with Gasteiger partial charge in [-0.1, -0.05) is 17.0 Å². The second-order valence-corrected chi connectivity index (χ2v) is 8.35. The minimum absolute atomic E-state index is 0.247. The number of rotatable bonds is 4. The molecule has 1 aromatic carbocycles. The van der Waals surface area contributed by atoms with Crippen LogP contribution in [0.25, 0.3) is 11.3 Å². The van der Waals surface area contributed by atoms with Gasteiger partial charge >= 0.3 is 6.09 Å². The Morgan fingerprint density at radius 3 is 2.75 bits per heavy atom. The van der Waals surface area contributed by atoms with Crippen LogP contribution in [0.5, 0.6) is 0 Å². The summed E-state index contributed by atoms with van der Waals surface area (Å²) in [6, 6.07) is 9.79. The molecule has 2 aromatic heterocycles. The molecular weight excluding hydrogens is 408 g/mol. The van der Waals surface area contributed by atoms with Crippen molar-refractivity contribution in [1.82, 2.24) is 19.6 Å². The van der Waals surface area contributed by atoms with Crippen LogP contribution in [0.2, 0.25) is 0 Å². The summed E-state index contributed by atoms with van der Waals surface area (Å²) in [5, 5.41) is 13.9. The van der Waals surface area contributed by atoms with Gasteiger partial charge in [0.25, 0.3) is 0 Å². The van der Waals surface area contributed by atoms with Crippen LogP contribution in [0.4, 0.5) is 4.79 Å². The molecule has 0 bridgehead atoms. The van der Waals surface area contributed by atoms with E-state index >= 15 is 0 Å². The van der Waals surface area contributed by atoms with E-state index in [9.17, 15) is 9.90 Å². The van der Waals surface area contributed by atoms with Gasteiger partial charge in [0.15, 0.2) is 5.76 Å². The number of hydrogen-bond acceptors (Lipinski definition) is 6. The van der Waals surface area contributed by atoms with Gasteiger partial charge < -0.3 is 23.8 Å². The largest absolute Gasteiger partial charge is 0.453 e. The summed E-state index contributed by atoms with van der Waals surface area (Å²) >= 11 is 0. The first-order chi connectivity index (χ1) is 15.5. The number of carbonyl (C=O) groups excluding carboxylic acids is 1. The van der Waals surface area contributed by atoms with Crippen LogP contribution in [0.1, 0.15) is 30.1 Å². The summed E-state index contributed by atoms with van der Waals surface area (Å²) in [6.07, 6.45) is 2.58. The van der Waals surface area contributed by atoms with Gasteiger partial charge in [0.2, 0.25) is 0 Å². The predicted octanol–water partition coefficient (Wildman–Crippen LogP) is 2.94. The van der Waals surface area contributed by atoms with E-state index in [0.717, 1.165) is 29.9 Å². The maximum atomic E-state index is 11.6. The number of aliphatic hydroxyl groups excluding tert-OH is 1. The van der Waals surface area contributed by atoms with Crippen molar-refractivity contribution in [1.29, 1.82) is 0 Å². The van der Waals surface area contributed by atoms with Gasteiger partial charge in [0.05, 0.1) is 13.7 Å². The lowest BCUT2D eigenvalue weighted by atomic mass is 10.1. The van der Waals surface area contributed by atoms with Gasteiger partial charge in [0.1, 0.15) is 17.6 Å². The number of carbonyl (C=O) groups is 1. The number of aliphatic hydroxyl groups is 1. The Kier molecular flexibility index (Phi) is 5.19. The van der Waals surface area contributed by atoms with Crippen LogP contribution in [0, 0.1) is 29.6 Å². The highest BCUT2D eigenvalue weighted by molar-refractivity contribution is 5.68. The van der Waals surface area contributed by atoms with E-state index < -0.39 is 6.10 Å². The number of fused-ring (bicyclic) bond motifs is 1. The first-order valence-electron chi connectivity index (χ1n) is 10.6. The van der Waals surface area contributed by atoms with Gasteiger partial charge in [-0.25, -0.2) is 9.78 Å².